The first-order valence-electron chi connectivity index (χ1n) is 18.6. The van der Waals surface area contributed by atoms with Crippen LogP contribution >= 0.6 is 0 Å². The second-order valence-electron chi connectivity index (χ2n) is 14.2. The summed E-state index contributed by atoms with van der Waals surface area (Å²) >= 11 is 0. The van der Waals surface area contributed by atoms with Crippen LogP contribution in [0.4, 0.5) is 0 Å². The quantitative estimate of drug-likeness (QED) is 0.171. The Bertz CT molecular complexity index is 3220. The lowest BCUT2D eigenvalue weighted by Crippen LogP contribution is -1.97. The second-order valence-corrected chi connectivity index (χ2v) is 14.2. The van der Waals surface area contributed by atoms with E-state index in [1.807, 2.05) is 0 Å². The molecule has 0 amide bonds. The van der Waals surface area contributed by atoms with Crippen molar-refractivity contribution in [2.45, 2.75) is 0 Å². The molecule has 2 aromatic heterocycles. The van der Waals surface area contributed by atoms with E-state index in [1.54, 1.807) is 0 Å². The van der Waals surface area contributed by atoms with E-state index in [2.05, 4.69) is 215 Å². The third-order valence-electron chi connectivity index (χ3n) is 11.1. The fraction of sp³-hybridized carbons (Fsp3) is 0. The zero-order valence-corrected chi connectivity index (χ0v) is 29.5. The molecule has 0 radical (unpaired) electrons. The molecule has 2 nitrogen and oxygen atoms in total. The Morgan fingerprint density at radius 2 is 0.778 bits per heavy atom. The number of rotatable bonds is 5. The molecule has 0 atom stereocenters. The molecule has 11 rings (SSSR count). The highest BCUT2D eigenvalue weighted by molar-refractivity contribution is 6.13. The number of nitrogens with zero attached hydrogens (tertiary/aromatic N) is 2. The molecule has 0 N–H and O–H groups in total. The third-order valence-corrected chi connectivity index (χ3v) is 11.1. The van der Waals surface area contributed by atoms with Crippen LogP contribution in [0.5, 0.6) is 0 Å². The van der Waals surface area contributed by atoms with Crippen LogP contribution in [0.1, 0.15) is 0 Å². The van der Waals surface area contributed by atoms with Crippen LogP contribution in [0, 0.1) is 0 Å². The van der Waals surface area contributed by atoms with Crippen molar-refractivity contribution in [3.63, 3.8) is 0 Å². The van der Waals surface area contributed by atoms with Gasteiger partial charge < -0.3 is 9.13 Å². The molecule has 0 unspecified atom stereocenters. The van der Waals surface area contributed by atoms with Crippen molar-refractivity contribution in [2.24, 2.45) is 0 Å². The number of aromatic nitrogens is 2. The fourth-order valence-electron chi connectivity index (χ4n) is 8.57. The van der Waals surface area contributed by atoms with Gasteiger partial charge in [0.05, 0.1) is 27.8 Å². The summed E-state index contributed by atoms with van der Waals surface area (Å²) in [7, 11) is 0. The monoisotopic (exact) mass is 686 g/mol. The fourth-order valence-corrected chi connectivity index (χ4v) is 8.57. The molecule has 0 spiro atoms. The number of hydrogen-bond acceptors (Lipinski definition) is 0. The number of hydrogen-bond donors (Lipinski definition) is 0. The summed E-state index contributed by atoms with van der Waals surface area (Å²) in [5.41, 5.74) is 14.4. The van der Waals surface area contributed by atoms with Crippen molar-refractivity contribution < 1.29 is 0 Å². The summed E-state index contributed by atoms with van der Waals surface area (Å²) in [6.07, 6.45) is 0. The highest BCUT2D eigenvalue weighted by Gasteiger charge is 2.18. The lowest BCUT2D eigenvalue weighted by molar-refractivity contribution is 1.18. The predicted octanol–water partition coefficient (Wildman–Crippen LogP) is 14.0. The largest absolute Gasteiger partial charge is 0.309 e. The molecule has 0 saturated heterocycles. The van der Waals surface area contributed by atoms with E-state index in [0.717, 1.165) is 0 Å². The average molecular weight is 687 g/mol. The van der Waals surface area contributed by atoms with Crippen LogP contribution in [-0.4, -0.2) is 9.13 Å². The zero-order chi connectivity index (χ0) is 35.6. The van der Waals surface area contributed by atoms with Crippen molar-refractivity contribution in [1.82, 2.24) is 9.13 Å². The minimum atomic E-state index is 1.17. The predicted molar refractivity (Wildman–Crippen MR) is 229 cm³/mol. The Kier molecular flexibility index (Phi) is 6.90. The van der Waals surface area contributed by atoms with Gasteiger partial charge in [-0.3, -0.25) is 0 Å². The molecule has 0 aliphatic rings. The summed E-state index contributed by atoms with van der Waals surface area (Å²) in [5.74, 6) is 0. The van der Waals surface area contributed by atoms with E-state index < -0.39 is 0 Å². The van der Waals surface area contributed by atoms with Crippen molar-refractivity contribution in [2.75, 3.05) is 0 Å². The topological polar surface area (TPSA) is 9.86 Å². The molecule has 11 aromatic rings. The molecule has 9 aromatic carbocycles. The zero-order valence-electron chi connectivity index (χ0n) is 29.5. The molecule has 0 fully saturated rings. The lowest BCUT2D eigenvalue weighted by Gasteiger charge is -2.15. The summed E-state index contributed by atoms with van der Waals surface area (Å²) in [6, 6.07) is 75.2. The highest BCUT2D eigenvalue weighted by atomic mass is 15.0. The molecule has 54 heavy (non-hydrogen) atoms. The van der Waals surface area contributed by atoms with Crippen molar-refractivity contribution >= 4 is 54.4 Å². The maximum absolute atomic E-state index is 2.45. The van der Waals surface area contributed by atoms with Gasteiger partial charge in [-0.15, -0.1) is 0 Å². The number of benzene rings is 9. The maximum Gasteiger partial charge on any atom is 0.0541 e. The first kappa shape index (κ1) is 30.5. The van der Waals surface area contributed by atoms with Crippen LogP contribution in [0.25, 0.3) is 99.1 Å². The van der Waals surface area contributed by atoms with E-state index in [-0.39, 0.29) is 0 Å². The van der Waals surface area contributed by atoms with E-state index in [0.29, 0.717) is 0 Å². The molecule has 252 valence electrons. The van der Waals surface area contributed by atoms with Gasteiger partial charge in [-0.05, 0) is 105 Å². The molecule has 2 heteroatoms. The second kappa shape index (κ2) is 12.2. The average Bonchev–Trinajstić information content (AvgIpc) is 3.76. The smallest absolute Gasteiger partial charge is 0.0541 e. The van der Waals surface area contributed by atoms with E-state index >= 15 is 0 Å². The van der Waals surface area contributed by atoms with Gasteiger partial charge in [-0.1, -0.05) is 140 Å². The van der Waals surface area contributed by atoms with E-state index in [4.69, 9.17) is 0 Å². The Labute approximate surface area is 313 Å². The molecular weight excluding hydrogens is 653 g/mol. The van der Waals surface area contributed by atoms with Crippen molar-refractivity contribution in [3.8, 4) is 44.8 Å². The Hall–Kier alpha value is -7.16. The number of fused-ring (bicyclic) bond motifs is 7. The van der Waals surface area contributed by atoms with E-state index in [1.165, 1.54) is 99.1 Å². The maximum atomic E-state index is 2.45. The molecule has 0 saturated carbocycles. The molecular formula is C52H34N2. The van der Waals surface area contributed by atoms with Crippen molar-refractivity contribution in [1.29, 1.82) is 0 Å². The number of para-hydroxylation sites is 4. The molecule has 2 heterocycles. The summed E-state index contributed by atoms with van der Waals surface area (Å²) < 4.78 is 4.82. The van der Waals surface area contributed by atoms with E-state index in [9.17, 15) is 0 Å². The van der Waals surface area contributed by atoms with Gasteiger partial charge >= 0.3 is 0 Å². The molecule has 0 bridgehead atoms. The normalized spacial score (nSPS) is 11.7. The van der Waals surface area contributed by atoms with Crippen molar-refractivity contribution in [3.05, 3.63) is 206 Å². The van der Waals surface area contributed by atoms with Gasteiger partial charge in [0.1, 0.15) is 0 Å². The summed E-state index contributed by atoms with van der Waals surface area (Å²) in [6.45, 7) is 0. The molecule has 0 aliphatic heterocycles. The highest BCUT2D eigenvalue weighted by Crippen LogP contribution is 2.40. The third kappa shape index (κ3) is 4.81. The van der Waals surface area contributed by atoms with Crippen LogP contribution in [0.2, 0.25) is 0 Å². The van der Waals surface area contributed by atoms with Gasteiger partial charge in [-0.25, -0.2) is 0 Å². The summed E-state index contributed by atoms with van der Waals surface area (Å²) in [5, 5.41) is 7.52. The van der Waals surface area contributed by atoms with Crippen LogP contribution in [-0.2, 0) is 0 Å². The van der Waals surface area contributed by atoms with Crippen LogP contribution < -0.4 is 0 Å². The SMILES string of the molecule is c1ccc(-n2c3ccccc3c3cc(-c4ccc5c(c4)c4ccccc4n5-c4ccccc4-c4cccc(-c5ccc6ccccc6c5)c4)ccc32)cc1. The Morgan fingerprint density at radius 3 is 1.54 bits per heavy atom. The molecule has 0 aliphatic carbocycles. The first-order chi connectivity index (χ1) is 26.8. The summed E-state index contributed by atoms with van der Waals surface area (Å²) in [4.78, 5) is 0. The van der Waals surface area contributed by atoms with Crippen LogP contribution in [0.15, 0.2) is 206 Å². The van der Waals surface area contributed by atoms with Gasteiger partial charge in [-0.2, -0.15) is 0 Å². The van der Waals surface area contributed by atoms with Gasteiger partial charge in [0.15, 0.2) is 0 Å². The minimum absolute atomic E-state index is 1.17. The van der Waals surface area contributed by atoms with Gasteiger partial charge in [0.2, 0.25) is 0 Å². The Morgan fingerprint density at radius 1 is 0.259 bits per heavy atom. The van der Waals surface area contributed by atoms with Crippen LogP contribution in [0.3, 0.4) is 0 Å². The minimum Gasteiger partial charge on any atom is -0.309 e. The lowest BCUT2D eigenvalue weighted by atomic mass is 9.96. The standard InChI is InChI=1S/C52H34N2/c1-2-17-42(18-3-1)53-49-23-10-7-20-44(49)46-33-39(27-29-51(46)53)40-28-30-52-47(34-40)45-21-8-11-24-50(45)54(52)48-22-9-6-19-43(48)41-16-12-15-37(32-41)38-26-25-35-13-4-5-14-36(35)31-38/h1-34H. The Balaban J connectivity index is 1.06. The first-order valence-corrected chi connectivity index (χ1v) is 18.6. The van der Waals surface area contributed by atoms with Gasteiger partial charge in [0, 0.05) is 32.8 Å². The van der Waals surface area contributed by atoms with Gasteiger partial charge in [0.25, 0.3) is 0 Å².